The summed E-state index contributed by atoms with van der Waals surface area (Å²) in [4.78, 5) is 27.1. The van der Waals surface area contributed by atoms with Gasteiger partial charge in [0.05, 0.1) is 12.0 Å². The van der Waals surface area contributed by atoms with Gasteiger partial charge in [0.1, 0.15) is 5.60 Å². The smallest absolute Gasteiger partial charge is 0.410 e. The van der Waals surface area contributed by atoms with Gasteiger partial charge in [-0.3, -0.25) is 4.79 Å². The number of esters is 1. The van der Waals surface area contributed by atoms with Gasteiger partial charge in [0.15, 0.2) is 14.6 Å². The van der Waals surface area contributed by atoms with Crippen LogP contribution in [0.15, 0.2) is 33.6 Å². The van der Waals surface area contributed by atoms with Gasteiger partial charge in [0, 0.05) is 17.6 Å². The van der Waals surface area contributed by atoms with Crippen LogP contribution in [0.25, 0.3) is 0 Å². The molecule has 9 heteroatoms. The molecule has 1 unspecified atom stereocenters. The Morgan fingerprint density at radius 2 is 1.61 bits per heavy atom. The van der Waals surface area contributed by atoms with Crippen LogP contribution in [0.2, 0.25) is 0 Å². The van der Waals surface area contributed by atoms with E-state index < -0.39 is 26.2 Å². The molecule has 0 aromatic heterocycles. The van der Waals surface area contributed by atoms with E-state index in [9.17, 15) is 18.0 Å². The van der Waals surface area contributed by atoms with Gasteiger partial charge in [0.25, 0.3) is 0 Å². The van der Waals surface area contributed by atoms with Gasteiger partial charge in [-0.15, -0.1) is 0 Å². The standard InChI is InChI=1S/C22H30BrNO6S/c1-20(2,3)30-19(26)24-13-11-21(12-14-24)9-10-22(15-21,18(25)29-4)31(27,28)17-7-5-16(23)6-8-17/h5-8H,9-15H2,1-4H3. The molecule has 0 bridgehead atoms. The van der Waals surface area contributed by atoms with Gasteiger partial charge < -0.3 is 14.4 Å². The number of nitrogens with zero attached hydrogens (tertiary/aromatic N) is 1. The van der Waals surface area contributed by atoms with E-state index in [1.807, 2.05) is 20.8 Å². The van der Waals surface area contributed by atoms with Crippen molar-refractivity contribution in [2.24, 2.45) is 5.41 Å². The molecule has 1 amide bonds. The number of likely N-dealkylation sites (tertiary alicyclic amines) is 1. The van der Waals surface area contributed by atoms with E-state index in [0.29, 0.717) is 32.4 Å². The number of hydrogen-bond acceptors (Lipinski definition) is 6. The molecule has 1 saturated heterocycles. The second kappa shape index (κ2) is 8.39. The number of amides is 1. The summed E-state index contributed by atoms with van der Waals surface area (Å²) < 4.78 is 36.9. The van der Waals surface area contributed by atoms with Crippen molar-refractivity contribution in [3.05, 3.63) is 28.7 Å². The van der Waals surface area contributed by atoms with Gasteiger partial charge in [-0.1, -0.05) is 15.9 Å². The molecule has 0 radical (unpaired) electrons. The van der Waals surface area contributed by atoms with Crippen molar-refractivity contribution >= 4 is 37.8 Å². The van der Waals surface area contributed by atoms with Crippen LogP contribution in [0.5, 0.6) is 0 Å². The van der Waals surface area contributed by atoms with E-state index in [2.05, 4.69) is 15.9 Å². The minimum atomic E-state index is -3.96. The predicted octanol–water partition coefficient (Wildman–Crippen LogP) is 4.34. The van der Waals surface area contributed by atoms with Crippen LogP contribution in [-0.4, -0.2) is 55.9 Å². The van der Waals surface area contributed by atoms with Crippen LogP contribution in [0.3, 0.4) is 0 Å². The summed E-state index contributed by atoms with van der Waals surface area (Å²) in [5, 5.41) is 0. The number of halogens is 1. The second-order valence-corrected chi connectivity index (χ2v) is 12.8. The van der Waals surface area contributed by atoms with Crippen molar-refractivity contribution in [2.45, 2.75) is 68.1 Å². The molecular formula is C22H30BrNO6S. The zero-order valence-corrected chi connectivity index (χ0v) is 20.8. The Kier molecular flexibility index (Phi) is 6.50. The quantitative estimate of drug-likeness (QED) is 0.556. The number of benzene rings is 1. The number of carbonyl (C=O) groups excluding carboxylic acids is 2. The number of ether oxygens (including phenoxy) is 2. The zero-order valence-electron chi connectivity index (χ0n) is 18.4. The Morgan fingerprint density at radius 3 is 2.13 bits per heavy atom. The first-order valence-electron chi connectivity index (χ1n) is 10.4. The maximum atomic E-state index is 13.6. The van der Waals surface area contributed by atoms with Crippen molar-refractivity contribution in [2.75, 3.05) is 20.2 Å². The van der Waals surface area contributed by atoms with E-state index in [-0.39, 0.29) is 29.2 Å². The van der Waals surface area contributed by atoms with Gasteiger partial charge in [-0.2, -0.15) is 0 Å². The average Bonchev–Trinajstić information content (AvgIpc) is 3.08. The van der Waals surface area contributed by atoms with Crippen LogP contribution in [0.4, 0.5) is 4.79 Å². The lowest BCUT2D eigenvalue weighted by Gasteiger charge is -2.40. The lowest BCUT2D eigenvalue weighted by Crippen LogP contribution is -2.48. The Bertz CT molecular complexity index is 945. The van der Waals surface area contributed by atoms with Gasteiger partial charge in [-0.05, 0) is 82.6 Å². The third-order valence-electron chi connectivity index (χ3n) is 6.39. The lowest BCUT2D eigenvalue weighted by atomic mass is 9.76. The number of carbonyl (C=O) groups is 2. The third-order valence-corrected chi connectivity index (χ3v) is 9.36. The van der Waals surface area contributed by atoms with Crippen LogP contribution in [0, 0.1) is 5.41 Å². The fourth-order valence-electron chi connectivity index (χ4n) is 4.71. The molecule has 1 aliphatic heterocycles. The van der Waals surface area contributed by atoms with Crippen LogP contribution in [-0.2, 0) is 24.1 Å². The minimum absolute atomic E-state index is 0.115. The lowest BCUT2D eigenvalue weighted by molar-refractivity contribution is -0.144. The highest BCUT2D eigenvalue weighted by molar-refractivity contribution is 9.10. The molecule has 1 aliphatic carbocycles. The molecule has 31 heavy (non-hydrogen) atoms. The van der Waals surface area contributed by atoms with Gasteiger partial charge in [-0.25, -0.2) is 13.2 Å². The Balaban J connectivity index is 1.83. The number of sulfone groups is 1. The summed E-state index contributed by atoms with van der Waals surface area (Å²) in [6.45, 7) is 6.43. The molecule has 1 saturated carbocycles. The number of piperidine rings is 1. The SMILES string of the molecule is COC(=O)C1(S(=O)(=O)c2ccc(Br)cc2)CCC2(CCN(C(=O)OC(C)(C)C)CC2)C1. The summed E-state index contributed by atoms with van der Waals surface area (Å²) in [6, 6.07) is 6.34. The molecule has 1 spiro atoms. The van der Waals surface area contributed by atoms with Crippen molar-refractivity contribution in [3.63, 3.8) is 0 Å². The molecule has 1 heterocycles. The summed E-state index contributed by atoms with van der Waals surface area (Å²) in [5.74, 6) is -0.707. The highest BCUT2D eigenvalue weighted by Crippen LogP contribution is 2.55. The highest BCUT2D eigenvalue weighted by atomic mass is 79.9. The molecule has 0 N–H and O–H groups in total. The molecule has 172 valence electrons. The third kappa shape index (κ3) is 4.62. The van der Waals surface area contributed by atoms with Gasteiger partial charge >= 0.3 is 12.1 Å². The maximum absolute atomic E-state index is 13.6. The molecule has 1 aromatic carbocycles. The first-order chi connectivity index (χ1) is 14.3. The van der Waals surface area contributed by atoms with Crippen molar-refractivity contribution in [1.29, 1.82) is 0 Å². The normalized spacial score (nSPS) is 23.6. The van der Waals surface area contributed by atoms with Gasteiger partial charge in [0.2, 0.25) is 0 Å². The fourth-order valence-corrected chi connectivity index (χ4v) is 7.08. The van der Waals surface area contributed by atoms with Crippen molar-refractivity contribution in [1.82, 2.24) is 4.90 Å². The first kappa shape index (κ1) is 24.0. The van der Waals surface area contributed by atoms with Crippen LogP contribution >= 0.6 is 15.9 Å². The summed E-state index contributed by atoms with van der Waals surface area (Å²) in [7, 11) is -2.72. The van der Waals surface area contributed by atoms with E-state index >= 15 is 0 Å². The van der Waals surface area contributed by atoms with E-state index in [1.165, 1.54) is 19.2 Å². The molecule has 3 rings (SSSR count). The molecule has 2 fully saturated rings. The highest BCUT2D eigenvalue weighted by Gasteiger charge is 2.61. The molecular weight excluding hydrogens is 486 g/mol. The van der Waals surface area contributed by atoms with Crippen LogP contribution < -0.4 is 0 Å². The van der Waals surface area contributed by atoms with E-state index in [4.69, 9.17) is 9.47 Å². The zero-order chi connectivity index (χ0) is 23.1. The Morgan fingerprint density at radius 1 is 1.03 bits per heavy atom. The summed E-state index contributed by atoms with van der Waals surface area (Å²) in [5.41, 5.74) is -0.895. The molecule has 2 aliphatic rings. The Labute approximate surface area is 192 Å². The molecule has 1 aromatic rings. The molecule has 7 nitrogen and oxygen atoms in total. The van der Waals surface area contributed by atoms with E-state index in [0.717, 1.165) is 4.47 Å². The average molecular weight is 516 g/mol. The van der Waals surface area contributed by atoms with Crippen molar-refractivity contribution < 1.29 is 27.5 Å². The topological polar surface area (TPSA) is 90.0 Å². The van der Waals surface area contributed by atoms with E-state index in [1.54, 1.807) is 17.0 Å². The Hall–Kier alpha value is -1.61. The minimum Gasteiger partial charge on any atom is -0.468 e. The van der Waals surface area contributed by atoms with Crippen molar-refractivity contribution in [3.8, 4) is 0 Å². The number of hydrogen-bond donors (Lipinski definition) is 0. The number of methoxy groups -OCH3 is 1. The largest absolute Gasteiger partial charge is 0.468 e. The van der Waals surface area contributed by atoms with Crippen LogP contribution in [0.1, 0.15) is 52.9 Å². The second-order valence-electron chi connectivity index (χ2n) is 9.59. The summed E-state index contributed by atoms with van der Waals surface area (Å²) >= 11 is 3.32. The predicted molar refractivity (Wildman–Crippen MR) is 119 cm³/mol. The first-order valence-corrected chi connectivity index (χ1v) is 12.7. The number of rotatable bonds is 3. The summed E-state index contributed by atoms with van der Waals surface area (Å²) in [6.07, 6.45) is 1.90. The monoisotopic (exact) mass is 515 g/mol. The molecule has 1 atom stereocenters. The fraction of sp³-hybridized carbons (Fsp3) is 0.636. The maximum Gasteiger partial charge on any atom is 0.410 e.